The molecule has 0 saturated heterocycles. The molecule has 0 unspecified atom stereocenters. The molecule has 0 aliphatic carbocycles. The summed E-state index contributed by atoms with van der Waals surface area (Å²) in [6.07, 6.45) is 0. The smallest absolute Gasteiger partial charge is 0.235 e. The number of imidazole rings is 1. The van der Waals surface area contributed by atoms with Crippen molar-refractivity contribution in [2.45, 2.75) is 0 Å². The lowest BCUT2D eigenvalue weighted by molar-refractivity contribution is 0.996. The third-order valence-corrected chi connectivity index (χ3v) is 9.11. The van der Waals surface area contributed by atoms with Crippen LogP contribution in [-0.2, 0) is 0 Å². The van der Waals surface area contributed by atoms with Gasteiger partial charge < -0.3 is 0 Å². The van der Waals surface area contributed by atoms with Gasteiger partial charge in [-0.15, -0.1) is 0 Å². The van der Waals surface area contributed by atoms with Gasteiger partial charge >= 0.3 is 0 Å². The lowest BCUT2D eigenvalue weighted by Crippen LogP contribution is -2.04. The Morgan fingerprint density at radius 1 is 0.391 bits per heavy atom. The van der Waals surface area contributed by atoms with Crippen LogP contribution in [0.25, 0.3) is 88.6 Å². The van der Waals surface area contributed by atoms with Gasteiger partial charge in [-0.05, 0) is 41.8 Å². The summed E-state index contributed by atoms with van der Waals surface area (Å²) in [5.74, 6) is 0.635. The molecule has 4 aromatic heterocycles. The zero-order valence-electron chi connectivity index (χ0n) is 24.7. The van der Waals surface area contributed by atoms with Crippen molar-refractivity contribution in [1.29, 1.82) is 0 Å². The van der Waals surface area contributed by atoms with Crippen LogP contribution in [0.4, 0.5) is 0 Å². The van der Waals surface area contributed by atoms with Gasteiger partial charge in [-0.2, -0.15) is 0 Å². The average Bonchev–Trinajstić information content (AvgIpc) is 3.69. The Morgan fingerprint density at radius 2 is 0.978 bits per heavy atom. The van der Waals surface area contributed by atoms with E-state index in [2.05, 4.69) is 148 Å². The van der Waals surface area contributed by atoms with Crippen LogP contribution in [0.1, 0.15) is 0 Å². The predicted molar refractivity (Wildman–Crippen MR) is 189 cm³/mol. The Hall–Kier alpha value is -6.33. The first-order chi connectivity index (χ1) is 22.8. The molecule has 46 heavy (non-hydrogen) atoms. The van der Waals surface area contributed by atoms with Crippen molar-refractivity contribution in [2.75, 3.05) is 0 Å². The molecular weight excluding hydrogens is 562 g/mol. The van der Waals surface area contributed by atoms with Crippen molar-refractivity contribution in [3.05, 3.63) is 152 Å². The number of hydrogen-bond acceptors (Lipinski definition) is 3. The van der Waals surface area contributed by atoms with Crippen molar-refractivity contribution in [2.24, 2.45) is 0 Å². The van der Waals surface area contributed by atoms with Crippen molar-refractivity contribution < 1.29 is 0 Å². The van der Waals surface area contributed by atoms with E-state index >= 15 is 0 Å². The van der Waals surface area contributed by atoms with Gasteiger partial charge in [-0.1, -0.05) is 115 Å². The highest BCUT2D eigenvalue weighted by atomic mass is 15.2. The Morgan fingerprint density at radius 3 is 1.70 bits per heavy atom. The van der Waals surface area contributed by atoms with Gasteiger partial charge in [0.15, 0.2) is 0 Å². The SMILES string of the molecule is c1ccc(-c2cc(-c3ccccc3)nc(-n3c4ccccc4c4c5c(ccc43)c3ccccc3n3c4ccccc4nc53)n2)cc1. The molecule has 0 aliphatic rings. The molecule has 10 aromatic rings. The Labute approximate surface area is 263 Å². The summed E-state index contributed by atoms with van der Waals surface area (Å²) < 4.78 is 4.54. The number of aromatic nitrogens is 5. The third kappa shape index (κ3) is 3.54. The van der Waals surface area contributed by atoms with E-state index in [1.54, 1.807) is 0 Å². The minimum Gasteiger partial charge on any atom is -0.292 e. The van der Waals surface area contributed by atoms with E-state index in [1.165, 1.54) is 10.8 Å². The van der Waals surface area contributed by atoms with Gasteiger partial charge in [-0.3, -0.25) is 8.97 Å². The molecule has 0 amide bonds. The number of rotatable bonds is 3. The Balaban J connectivity index is 1.38. The number of fused-ring (bicyclic) bond motifs is 12. The molecule has 0 saturated carbocycles. The van der Waals surface area contributed by atoms with Gasteiger partial charge in [0.25, 0.3) is 0 Å². The fraction of sp³-hybridized carbons (Fsp3) is 0. The molecule has 0 atom stereocenters. The van der Waals surface area contributed by atoms with E-state index in [0.29, 0.717) is 5.95 Å². The van der Waals surface area contributed by atoms with Crippen LogP contribution in [0.15, 0.2) is 152 Å². The van der Waals surface area contributed by atoms with Crippen LogP contribution < -0.4 is 0 Å². The second kappa shape index (κ2) is 9.58. The van der Waals surface area contributed by atoms with E-state index < -0.39 is 0 Å². The van der Waals surface area contributed by atoms with Crippen LogP contribution in [0, 0.1) is 0 Å². The third-order valence-electron chi connectivity index (χ3n) is 9.11. The van der Waals surface area contributed by atoms with Gasteiger partial charge in [0.1, 0.15) is 5.65 Å². The topological polar surface area (TPSA) is 48.0 Å². The van der Waals surface area contributed by atoms with Crippen LogP contribution in [0.2, 0.25) is 0 Å². The summed E-state index contributed by atoms with van der Waals surface area (Å²) in [6.45, 7) is 0. The fourth-order valence-corrected chi connectivity index (χ4v) is 7.11. The first-order valence-electron chi connectivity index (χ1n) is 15.5. The molecule has 214 valence electrons. The quantitative estimate of drug-likeness (QED) is 0.193. The summed E-state index contributed by atoms with van der Waals surface area (Å²) >= 11 is 0. The molecule has 6 aromatic carbocycles. The summed E-state index contributed by atoms with van der Waals surface area (Å²) in [7, 11) is 0. The van der Waals surface area contributed by atoms with Crippen LogP contribution in [0.3, 0.4) is 0 Å². The molecule has 5 nitrogen and oxygen atoms in total. The summed E-state index contributed by atoms with van der Waals surface area (Å²) in [5.41, 5.74) is 10.1. The summed E-state index contributed by atoms with van der Waals surface area (Å²) in [4.78, 5) is 15.7. The summed E-state index contributed by atoms with van der Waals surface area (Å²) in [5, 5.41) is 5.79. The van der Waals surface area contributed by atoms with Crippen LogP contribution in [-0.4, -0.2) is 23.9 Å². The first kappa shape index (κ1) is 25.0. The standard InChI is InChI=1S/C41H25N5/c1-3-13-26(14-4-1)32-25-33(27-15-5-2-6-16-27)44-41(43-32)46-35-21-11-8-18-30(35)38-37(46)24-23-29-28-17-7-10-20-34(28)45-36-22-12-9-19-31(36)42-40(45)39(29)38/h1-25H. The van der Waals surface area contributed by atoms with E-state index in [0.717, 1.165) is 71.9 Å². The lowest BCUT2D eigenvalue weighted by atomic mass is 10.0. The van der Waals surface area contributed by atoms with Crippen LogP contribution >= 0.6 is 0 Å². The van der Waals surface area contributed by atoms with Crippen molar-refractivity contribution >= 4 is 60.2 Å². The summed E-state index contributed by atoms with van der Waals surface area (Å²) in [6, 6.07) is 52.9. The van der Waals surface area contributed by atoms with Crippen molar-refractivity contribution in [3.63, 3.8) is 0 Å². The Kier molecular flexibility index (Phi) is 5.22. The monoisotopic (exact) mass is 587 g/mol. The highest BCUT2D eigenvalue weighted by Gasteiger charge is 2.22. The molecule has 0 bridgehead atoms. The van der Waals surface area contributed by atoms with Crippen molar-refractivity contribution in [3.8, 4) is 28.5 Å². The number of para-hydroxylation sites is 4. The lowest BCUT2D eigenvalue weighted by Gasteiger charge is -2.13. The van der Waals surface area contributed by atoms with E-state index in [-0.39, 0.29) is 0 Å². The number of nitrogens with zero attached hydrogens (tertiary/aromatic N) is 5. The minimum absolute atomic E-state index is 0.635. The number of benzene rings is 6. The molecule has 5 heteroatoms. The molecule has 0 N–H and O–H groups in total. The average molecular weight is 588 g/mol. The molecule has 0 spiro atoms. The molecule has 0 radical (unpaired) electrons. The zero-order valence-corrected chi connectivity index (χ0v) is 24.7. The second-order valence-corrected chi connectivity index (χ2v) is 11.7. The maximum absolute atomic E-state index is 5.26. The second-order valence-electron chi connectivity index (χ2n) is 11.7. The Bertz CT molecular complexity index is 2740. The molecule has 0 aliphatic heterocycles. The maximum Gasteiger partial charge on any atom is 0.235 e. The number of hydrogen-bond donors (Lipinski definition) is 0. The largest absolute Gasteiger partial charge is 0.292 e. The van der Waals surface area contributed by atoms with E-state index in [1.807, 2.05) is 12.1 Å². The number of pyridine rings is 1. The molecular formula is C41H25N5. The molecule has 0 fully saturated rings. The van der Waals surface area contributed by atoms with Gasteiger partial charge in [0, 0.05) is 32.7 Å². The highest BCUT2D eigenvalue weighted by Crippen LogP contribution is 2.41. The van der Waals surface area contributed by atoms with Crippen molar-refractivity contribution in [1.82, 2.24) is 23.9 Å². The maximum atomic E-state index is 5.26. The molecule has 4 heterocycles. The predicted octanol–water partition coefficient (Wildman–Crippen LogP) is 10.0. The molecule has 10 rings (SSSR count). The van der Waals surface area contributed by atoms with E-state index in [4.69, 9.17) is 15.0 Å². The highest BCUT2D eigenvalue weighted by molar-refractivity contribution is 6.29. The van der Waals surface area contributed by atoms with Gasteiger partial charge in [0.2, 0.25) is 5.95 Å². The van der Waals surface area contributed by atoms with Gasteiger partial charge in [-0.25, -0.2) is 15.0 Å². The fourth-order valence-electron chi connectivity index (χ4n) is 7.11. The van der Waals surface area contributed by atoms with E-state index in [9.17, 15) is 0 Å². The zero-order chi connectivity index (χ0) is 30.2. The van der Waals surface area contributed by atoms with Crippen LogP contribution in [0.5, 0.6) is 0 Å². The normalized spacial score (nSPS) is 11.9. The first-order valence-corrected chi connectivity index (χ1v) is 15.5. The minimum atomic E-state index is 0.635. The van der Waals surface area contributed by atoms with Gasteiger partial charge in [0.05, 0.1) is 39.0 Å².